The molecule has 3 aromatic rings. The summed E-state index contributed by atoms with van der Waals surface area (Å²) in [5.74, 6) is 1.49. The van der Waals surface area contributed by atoms with Gasteiger partial charge in [-0.1, -0.05) is 18.2 Å². The van der Waals surface area contributed by atoms with Crippen molar-refractivity contribution in [3.05, 3.63) is 60.0 Å². The zero-order chi connectivity index (χ0) is 19.8. The fourth-order valence-electron chi connectivity index (χ4n) is 3.82. The Balaban J connectivity index is 1.35. The number of pyridine rings is 1. The molecule has 144 valence electrons. The number of likely N-dealkylation sites (tertiary alicyclic amines) is 1. The van der Waals surface area contributed by atoms with E-state index in [2.05, 4.69) is 21.5 Å². The largest absolute Gasteiger partial charge is 0.455 e. The minimum atomic E-state index is -0.267. The van der Waals surface area contributed by atoms with Crippen molar-refractivity contribution >= 4 is 17.2 Å². The number of nitrogens with zero attached hydrogens (tertiary/aromatic N) is 4. The van der Waals surface area contributed by atoms with E-state index >= 15 is 0 Å². The molecule has 1 aliphatic carbocycles. The number of fused-ring (bicyclic) bond motifs is 1. The van der Waals surface area contributed by atoms with Gasteiger partial charge in [-0.3, -0.25) is 9.78 Å². The van der Waals surface area contributed by atoms with Gasteiger partial charge in [0.1, 0.15) is 5.75 Å². The molecular weight excluding hydrogens is 386 g/mol. The van der Waals surface area contributed by atoms with Crippen LogP contribution in [0.15, 0.2) is 55.0 Å². The summed E-state index contributed by atoms with van der Waals surface area (Å²) in [5, 5.41) is 12.6. The molecule has 1 unspecified atom stereocenters. The van der Waals surface area contributed by atoms with Crippen molar-refractivity contribution in [3.8, 4) is 28.1 Å². The zero-order valence-corrected chi connectivity index (χ0v) is 16.2. The monoisotopic (exact) mass is 403 g/mol. The number of nitriles is 1. The van der Waals surface area contributed by atoms with Gasteiger partial charge in [-0.15, -0.1) is 11.3 Å². The fraction of sp³-hybridized carbons (Fsp3) is 0.238. The lowest BCUT2D eigenvalue weighted by molar-refractivity contribution is 0.0929. The third kappa shape index (κ3) is 3.30. The van der Waals surface area contributed by atoms with Gasteiger partial charge in [0.25, 0.3) is 5.91 Å². The average molecular weight is 403 g/mol. The summed E-state index contributed by atoms with van der Waals surface area (Å²) in [6.45, 7) is 1.30. The van der Waals surface area contributed by atoms with Crippen molar-refractivity contribution in [1.29, 1.82) is 5.26 Å². The molecule has 7 nitrogen and oxygen atoms in total. The fourth-order valence-corrected chi connectivity index (χ4v) is 4.66. The summed E-state index contributed by atoms with van der Waals surface area (Å²) in [4.78, 5) is 23.8. The Morgan fingerprint density at radius 3 is 2.97 bits per heavy atom. The number of nitrogens with one attached hydrogen (secondary N) is 1. The predicted molar refractivity (Wildman–Crippen MR) is 107 cm³/mol. The van der Waals surface area contributed by atoms with Crippen molar-refractivity contribution in [2.45, 2.75) is 12.0 Å². The second kappa shape index (κ2) is 6.87. The molecule has 2 aromatic heterocycles. The lowest BCUT2D eigenvalue weighted by atomic mass is 10.2. The summed E-state index contributed by atoms with van der Waals surface area (Å²) in [6.07, 6.45) is 8.12. The quantitative estimate of drug-likeness (QED) is 0.658. The Labute approximate surface area is 171 Å². The van der Waals surface area contributed by atoms with Crippen molar-refractivity contribution in [2.24, 2.45) is 5.92 Å². The van der Waals surface area contributed by atoms with Crippen LogP contribution in [0.3, 0.4) is 0 Å². The predicted octanol–water partition coefficient (Wildman–Crippen LogP) is 3.28. The van der Waals surface area contributed by atoms with Crippen molar-refractivity contribution in [1.82, 2.24) is 20.2 Å². The molecule has 8 heteroatoms. The lowest BCUT2D eigenvalue weighted by Crippen LogP contribution is -2.41. The number of piperidine rings is 1. The number of hydrogen-bond donors (Lipinski definition) is 1. The van der Waals surface area contributed by atoms with E-state index in [1.807, 2.05) is 36.4 Å². The molecule has 1 N–H and O–H groups in total. The van der Waals surface area contributed by atoms with Crippen LogP contribution in [0.2, 0.25) is 0 Å². The van der Waals surface area contributed by atoms with Crippen molar-refractivity contribution in [3.63, 3.8) is 0 Å². The van der Waals surface area contributed by atoms with Crippen LogP contribution < -0.4 is 10.1 Å². The van der Waals surface area contributed by atoms with Gasteiger partial charge in [0.2, 0.25) is 0 Å². The van der Waals surface area contributed by atoms with E-state index in [1.54, 1.807) is 23.5 Å². The molecule has 0 spiro atoms. The van der Waals surface area contributed by atoms with Crippen LogP contribution in [0.25, 0.3) is 10.4 Å². The topological polar surface area (TPSA) is 91.1 Å². The number of hydrogen-bond acceptors (Lipinski definition) is 7. The first-order valence-electron chi connectivity index (χ1n) is 9.27. The molecule has 1 saturated heterocycles. The number of aromatic nitrogens is 2. The number of ether oxygens (including phenoxy) is 1. The van der Waals surface area contributed by atoms with Crippen LogP contribution in [-0.4, -0.2) is 39.4 Å². The Morgan fingerprint density at radius 2 is 2.17 bits per heavy atom. The molecule has 2 aliphatic rings. The highest BCUT2D eigenvalue weighted by Gasteiger charge is 2.61. The van der Waals surface area contributed by atoms with E-state index in [0.29, 0.717) is 29.0 Å². The molecule has 29 heavy (non-hydrogen) atoms. The van der Waals surface area contributed by atoms with E-state index in [9.17, 15) is 4.79 Å². The Hall–Kier alpha value is -3.44. The molecule has 1 amide bonds. The van der Waals surface area contributed by atoms with Crippen LogP contribution in [0.1, 0.15) is 16.2 Å². The number of thiazole rings is 1. The summed E-state index contributed by atoms with van der Waals surface area (Å²) in [5.41, 5.74) is 0.566. The molecule has 0 radical (unpaired) electrons. The standard InChI is InChI=1S/C21H17N5O2S/c22-13-26-11-14-8-21(14,12-26)25-19(27)20-24-10-18(29-20)16-6-7-23-9-17(16)28-15-4-2-1-3-5-15/h1-7,9-10,14H,8,11-12H2,(H,25,27)/t14?,21-/m0/s1. The summed E-state index contributed by atoms with van der Waals surface area (Å²) >= 11 is 1.32. The lowest BCUT2D eigenvalue weighted by Gasteiger charge is -2.16. The van der Waals surface area contributed by atoms with E-state index in [-0.39, 0.29) is 11.4 Å². The maximum atomic E-state index is 12.7. The van der Waals surface area contributed by atoms with Gasteiger partial charge in [0.15, 0.2) is 17.0 Å². The van der Waals surface area contributed by atoms with Gasteiger partial charge in [0.05, 0.1) is 23.2 Å². The normalized spacial score (nSPS) is 21.9. The molecule has 2 fully saturated rings. The molecule has 1 aliphatic heterocycles. The van der Waals surface area contributed by atoms with Gasteiger partial charge in [-0.25, -0.2) is 4.98 Å². The number of carbonyl (C=O) groups is 1. The molecule has 5 rings (SSSR count). The van der Waals surface area contributed by atoms with Crippen LogP contribution in [-0.2, 0) is 0 Å². The SMILES string of the molecule is N#CN1CC2C[C@]2(NC(=O)c2ncc(-c3ccncc3Oc3ccccc3)s2)C1. The number of rotatable bonds is 5. The number of benzene rings is 1. The maximum absolute atomic E-state index is 12.7. The third-order valence-corrected chi connectivity index (χ3v) is 6.40. The second-order valence-electron chi connectivity index (χ2n) is 7.31. The van der Waals surface area contributed by atoms with Gasteiger partial charge < -0.3 is 15.0 Å². The first-order chi connectivity index (χ1) is 14.2. The van der Waals surface area contributed by atoms with E-state index in [4.69, 9.17) is 10.00 Å². The highest BCUT2D eigenvalue weighted by atomic mass is 32.1. The van der Waals surface area contributed by atoms with Crippen molar-refractivity contribution in [2.75, 3.05) is 13.1 Å². The zero-order valence-electron chi connectivity index (χ0n) is 15.4. The van der Waals surface area contributed by atoms with Crippen LogP contribution in [0.5, 0.6) is 11.5 Å². The number of carbonyl (C=O) groups excluding carboxylic acids is 1. The van der Waals surface area contributed by atoms with Crippen LogP contribution in [0, 0.1) is 17.4 Å². The first kappa shape index (κ1) is 17.6. The van der Waals surface area contributed by atoms with Gasteiger partial charge in [-0.05, 0) is 24.6 Å². The maximum Gasteiger partial charge on any atom is 0.280 e. The highest BCUT2D eigenvalue weighted by molar-refractivity contribution is 7.17. The Bertz CT molecular complexity index is 1110. The minimum Gasteiger partial charge on any atom is -0.455 e. The summed E-state index contributed by atoms with van der Waals surface area (Å²) < 4.78 is 5.97. The van der Waals surface area contributed by atoms with E-state index < -0.39 is 0 Å². The molecular formula is C21H17N5O2S. The van der Waals surface area contributed by atoms with Gasteiger partial charge in [0, 0.05) is 30.4 Å². The highest BCUT2D eigenvalue weighted by Crippen LogP contribution is 2.49. The van der Waals surface area contributed by atoms with E-state index in [0.717, 1.165) is 23.4 Å². The number of amides is 1. The van der Waals surface area contributed by atoms with Gasteiger partial charge >= 0.3 is 0 Å². The van der Waals surface area contributed by atoms with E-state index in [1.165, 1.54) is 11.3 Å². The van der Waals surface area contributed by atoms with Crippen molar-refractivity contribution < 1.29 is 9.53 Å². The Morgan fingerprint density at radius 1 is 1.31 bits per heavy atom. The van der Waals surface area contributed by atoms with Crippen LogP contribution in [0.4, 0.5) is 0 Å². The smallest absolute Gasteiger partial charge is 0.280 e. The average Bonchev–Trinajstić information content (AvgIpc) is 3.10. The minimum absolute atomic E-state index is 0.192. The number of para-hydroxylation sites is 1. The molecule has 1 saturated carbocycles. The van der Waals surface area contributed by atoms with Gasteiger partial charge in [-0.2, -0.15) is 5.26 Å². The second-order valence-corrected chi connectivity index (χ2v) is 8.34. The molecule has 2 atom stereocenters. The molecule has 0 bridgehead atoms. The third-order valence-electron chi connectivity index (χ3n) is 5.37. The first-order valence-corrected chi connectivity index (χ1v) is 10.1. The summed E-state index contributed by atoms with van der Waals surface area (Å²) in [7, 11) is 0. The van der Waals surface area contributed by atoms with Crippen LogP contribution >= 0.6 is 11.3 Å². The Kier molecular flexibility index (Phi) is 4.18. The summed E-state index contributed by atoms with van der Waals surface area (Å²) in [6, 6.07) is 11.3. The molecule has 1 aromatic carbocycles. The molecule has 3 heterocycles.